The number of nitro groups is 1. The molecule has 2 heterocycles. The Labute approximate surface area is 110 Å². The van der Waals surface area contributed by atoms with E-state index in [9.17, 15) is 10.1 Å². The molecule has 1 fully saturated rings. The molecule has 0 spiro atoms. The quantitative estimate of drug-likeness (QED) is 0.623. The van der Waals surface area contributed by atoms with Gasteiger partial charge in [-0.1, -0.05) is 12.1 Å². The molecule has 1 saturated heterocycles. The predicted molar refractivity (Wildman–Crippen MR) is 72.1 cm³/mol. The van der Waals surface area contributed by atoms with E-state index in [1.54, 1.807) is 10.7 Å². The molecular formula is C13H16N4O2. The molecule has 0 saturated carbocycles. The van der Waals surface area contributed by atoms with Gasteiger partial charge in [-0.2, -0.15) is 4.68 Å². The van der Waals surface area contributed by atoms with E-state index < -0.39 is 4.92 Å². The van der Waals surface area contributed by atoms with Crippen LogP contribution in [0.4, 0.5) is 5.82 Å². The number of fused-ring (bicyclic) bond motifs is 1. The Bertz CT molecular complexity index is 602. The first kappa shape index (κ1) is 12.1. The van der Waals surface area contributed by atoms with Crippen molar-refractivity contribution in [3.05, 3.63) is 34.4 Å². The lowest BCUT2D eigenvalue weighted by Gasteiger charge is -2.12. The van der Waals surface area contributed by atoms with Gasteiger partial charge in [0.2, 0.25) is 0 Å². The van der Waals surface area contributed by atoms with Gasteiger partial charge in [-0.05, 0) is 43.0 Å². The molecule has 3 rings (SSSR count). The summed E-state index contributed by atoms with van der Waals surface area (Å²) in [4.78, 5) is 13.0. The Morgan fingerprint density at radius 3 is 2.68 bits per heavy atom. The second-order valence-corrected chi connectivity index (χ2v) is 4.87. The maximum absolute atomic E-state index is 11.0. The lowest BCUT2D eigenvalue weighted by atomic mass is 10.2. The topological polar surface area (TPSA) is 64.2 Å². The fraction of sp³-hybridized carbons (Fsp3) is 0.462. The minimum atomic E-state index is -0.408. The van der Waals surface area contributed by atoms with Crippen LogP contribution in [0.15, 0.2) is 24.3 Å². The third kappa shape index (κ3) is 2.31. The molecule has 19 heavy (non-hydrogen) atoms. The Morgan fingerprint density at radius 2 is 1.95 bits per heavy atom. The van der Waals surface area contributed by atoms with Crippen molar-refractivity contribution in [1.29, 1.82) is 0 Å². The number of para-hydroxylation sites is 1. The molecule has 1 aromatic heterocycles. The van der Waals surface area contributed by atoms with Gasteiger partial charge in [0, 0.05) is 6.54 Å². The van der Waals surface area contributed by atoms with Crippen LogP contribution in [0.5, 0.6) is 0 Å². The fourth-order valence-corrected chi connectivity index (χ4v) is 2.66. The third-order valence-corrected chi connectivity index (χ3v) is 3.64. The van der Waals surface area contributed by atoms with E-state index in [1.807, 2.05) is 18.2 Å². The van der Waals surface area contributed by atoms with Crippen molar-refractivity contribution < 1.29 is 4.92 Å². The monoisotopic (exact) mass is 260 g/mol. The first-order valence-corrected chi connectivity index (χ1v) is 6.58. The number of hydrogen-bond donors (Lipinski definition) is 0. The van der Waals surface area contributed by atoms with Crippen LogP contribution in [-0.2, 0) is 6.54 Å². The van der Waals surface area contributed by atoms with E-state index in [0.29, 0.717) is 11.9 Å². The Hall–Kier alpha value is -1.95. The number of likely N-dealkylation sites (tertiary alicyclic amines) is 1. The third-order valence-electron chi connectivity index (χ3n) is 3.64. The zero-order valence-corrected chi connectivity index (χ0v) is 10.7. The van der Waals surface area contributed by atoms with Crippen molar-refractivity contribution in [2.45, 2.75) is 19.4 Å². The van der Waals surface area contributed by atoms with Gasteiger partial charge in [0.05, 0.1) is 17.2 Å². The SMILES string of the molecule is O=[N+]([O-])c1nn(CCN2CCCC2)c2ccccc12. The normalized spacial score (nSPS) is 16.2. The molecule has 0 amide bonds. The number of nitrogens with zero attached hydrogens (tertiary/aromatic N) is 4. The minimum Gasteiger partial charge on any atom is -0.358 e. The van der Waals surface area contributed by atoms with Gasteiger partial charge in [-0.15, -0.1) is 0 Å². The highest BCUT2D eigenvalue weighted by atomic mass is 16.6. The summed E-state index contributed by atoms with van der Waals surface area (Å²) in [5.41, 5.74) is 0.841. The van der Waals surface area contributed by atoms with E-state index in [1.165, 1.54) is 12.8 Å². The number of rotatable bonds is 4. The van der Waals surface area contributed by atoms with Crippen LogP contribution in [0.1, 0.15) is 12.8 Å². The van der Waals surface area contributed by atoms with Gasteiger partial charge >= 0.3 is 5.82 Å². The summed E-state index contributed by atoms with van der Waals surface area (Å²) in [6, 6.07) is 7.34. The standard InChI is InChI=1S/C13H16N4O2/c18-17(19)13-11-5-1-2-6-12(11)16(14-13)10-9-15-7-3-4-8-15/h1-2,5-6H,3-4,7-10H2. The molecule has 0 aliphatic carbocycles. The van der Waals surface area contributed by atoms with Gasteiger partial charge in [-0.3, -0.25) is 0 Å². The molecule has 1 aliphatic rings. The summed E-state index contributed by atoms with van der Waals surface area (Å²) in [5.74, 6) is -0.0444. The summed E-state index contributed by atoms with van der Waals surface area (Å²) in [5, 5.41) is 15.8. The molecule has 2 aromatic rings. The van der Waals surface area contributed by atoms with E-state index in [2.05, 4.69) is 10.00 Å². The predicted octanol–water partition coefficient (Wildman–Crippen LogP) is 2.04. The molecule has 0 unspecified atom stereocenters. The molecule has 0 bridgehead atoms. The van der Waals surface area contributed by atoms with Gasteiger partial charge in [0.1, 0.15) is 5.39 Å². The van der Waals surface area contributed by atoms with Crippen molar-refractivity contribution in [2.24, 2.45) is 0 Å². The summed E-state index contributed by atoms with van der Waals surface area (Å²) >= 11 is 0. The molecule has 6 nitrogen and oxygen atoms in total. The average molecular weight is 260 g/mol. The Kier molecular flexibility index (Phi) is 3.16. The Morgan fingerprint density at radius 1 is 1.21 bits per heavy atom. The minimum absolute atomic E-state index is 0.0444. The largest absolute Gasteiger partial charge is 0.397 e. The van der Waals surface area contributed by atoms with Crippen LogP contribution < -0.4 is 0 Å². The van der Waals surface area contributed by atoms with Crippen molar-refractivity contribution >= 4 is 16.7 Å². The fourth-order valence-electron chi connectivity index (χ4n) is 2.66. The van der Waals surface area contributed by atoms with E-state index in [4.69, 9.17) is 0 Å². The van der Waals surface area contributed by atoms with Crippen molar-refractivity contribution in [2.75, 3.05) is 19.6 Å². The van der Waals surface area contributed by atoms with Crippen LogP contribution in [0.3, 0.4) is 0 Å². The van der Waals surface area contributed by atoms with Crippen LogP contribution >= 0.6 is 0 Å². The molecule has 100 valence electrons. The van der Waals surface area contributed by atoms with Gasteiger partial charge in [0.15, 0.2) is 0 Å². The highest BCUT2D eigenvalue weighted by Crippen LogP contribution is 2.24. The van der Waals surface area contributed by atoms with Crippen molar-refractivity contribution in [1.82, 2.24) is 14.7 Å². The van der Waals surface area contributed by atoms with E-state index >= 15 is 0 Å². The summed E-state index contributed by atoms with van der Waals surface area (Å²) in [7, 11) is 0. The zero-order chi connectivity index (χ0) is 13.2. The van der Waals surface area contributed by atoms with E-state index in [0.717, 1.165) is 25.2 Å². The smallest absolute Gasteiger partial charge is 0.358 e. The molecule has 0 atom stereocenters. The molecule has 0 N–H and O–H groups in total. The van der Waals surface area contributed by atoms with Crippen molar-refractivity contribution in [3.63, 3.8) is 0 Å². The highest BCUT2D eigenvalue weighted by Gasteiger charge is 2.21. The number of hydrogen-bond acceptors (Lipinski definition) is 4. The van der Waals surface area contributed by atoms with Gasteiger partial charge in [-0.25, -0.2) is 0 Å². The van der Waals surface area contributed by atoms with Gasteiger partial charge in [0.25, 0.3) is 0 Å². The van der Waals surface area contributed by atoms with Crippen LogP contribution in [-0.4, -0.2) is 39.2 Å². The second kappa shape index (κ2) is 4.97. The molecular weight excluding hydrogens is 244 g/mol. The Balaban J connectivity index is 1.87. The maximum atomic E-state index is 11.0. The molecule has 6 heteroatoms. The van der Waals surface area contributed by atoms with E-state index in [-0.39, 0.29) is 5.82 Å². The first-order chi connectivity index (χ1) is 9.25. The molecule has 1 aromatic carbocycles. The number of aromatic nitrogens is 2. The number of benzene rings is 1. The van der Waals surface area contributed by atoms with Crippen LogP contribution in [0.2, 0.25) is 0 Å². The average Bonchev–Trinajstić information content (AvgIpc) is 3.04. The summed E-state index contributed by atoms with van der Waals surface area (Å²) in [6.07, 6.45) is 2.50. The van der Waals surface area contributed by atoms with Crippen LogP contribution in [0.25, 0.3) is 10.9 Å². The summed E-state index contributed by atoms with van der Waals surface area (Å²) < 4.78 is 1.76. The lowest BCUT2D eigenvalue weighted by Crippen LogP contribution is -2.24. The van der Waals surface area contributed by atoms with Crippen molar-refractivity contribution in [3.8, 4) is 0 Å². The maximum Gasteiger partial charge on any atom is 0.397 e. The zero-order valence-electron chi connectivity index (χ0n) is 10.7. The first-order valence-electron chi connectivity index (χ1n) is 6.58. The summed E-state index contributed by atoms with van der Waals surface area (Å²) in [6.45, 7) is 3.86. The molecule has 0 radical (unpaired) electrons. The van der Waals surface area contributed by atoms with Crippen LogP contribution in [0, 0.1) is 10.1 Å². The highest BCUT2D eigenvalue weighted by molar-refractivity contribution is 5.86. The van der Waals surface area contributed by atoms with Gasteiger partial charge < -0.3 is 15.0 Å². The molecule has 1 aliphatic heterocycles. The lowest BCUT2D eigenvalue weighted by molar-refractivity contribution is -0.388. The second-order valence-electron chi connectivity index (χ2n) is 4.87.